The summed E-state index contributed by atoms with van der Waals surface area (Å²) in [5.41, 5.74) is 3.08. The molecule has 0 fully saturated rings. The Morgan fingerprint density at radius 2 is 2.00 bits per heavy atom. The van der Waals surface area contributed by atoms with Crippen LogP contribution in [0.4, 0.5) is 0 Å². The Labute approximate surface area is 94.2 Å². The van der Waals surface area contributed by atoms with E-state index in [9.17, 15) is 4.79 Å². The highest BCUT2D eigenvalue weighted by Crippen LogP contribution is 2.12. The molecule has 0 aliphatic heterocycles. The third kappa shape index (κ3) is 1.98. The van der Waals surface area contributed by atoms with Crippen LogP contribution in [0.15, 0.2) is 36.8 Å². The van der Waals surface area contributed by atoms with Gasteiger partial charge in [-0.05, 0) is 37.6 Å². The van der Waals surface area contributed by atoms with Crippen LogP contribution in [0, 0.1) is 13.8 Å². The summed E-state index contributed by atoms with van der Waals surface area (Å²) in [5, 5.41) is 0. The minimum absolute atomic E-state index is 0.00361. The molecule has 0 N–H and O–H groups in total. The lowest BCUT2D eigenvalue weighted by Crippen LogP contribution is -2.04. The van der Waals surface area contributed by atoms with Gasteiger partial charge < -0.3 is 0 Å². The molecule has 0 spiro atoms. The van der Waals surface area contributed by atoms with Crippen LogP contribution >= 0.6 is 0 Å². The topological polar surface area (TPSA) is 42.9 Å². The van der Waals surface area contributed by atoms with Crippen LogP contribution in [-0.4, -0.2) is 15.8 Å². The first-order valence-corrected chi connectivity index (χ1v) is 5.06. The van der Waals surface area contributed by atoms with Gasteiger partial charge in [-0.1, -0.05) is 0 Å². The molecule has 0 saturated heterocycles. The molecule has 16 heavy (non-hydrogen) atoms. The van der Waals surface area contributed by atoms with Crippen molar-refractivity contribution in [2.24, 2.45) is 0 Å². The fourth-order valence-electron chi connectivity index (χ4n) is 1.54. The van der Waals surface area contributed by atoms with Crippen molar-refractivity contribution in [2.75, 3.05) is 0 Å². The number of aryl methyl sites for hydroxylation is 2. The van der Waals surface area contributed by atoms with Crippen LogP contribution in [0.2, 0.25) is 0 Å². The van der Waals surface area contributed by atoms with Crippen molar-refractivity contribution in [3.8, 4) is 0 Å². The zero-order valence-electron chi connectivity index (χ0n) is 9.27. The second-order valence-corrected chi connectivity index (χ2v) is 3.71. The smallest absolute Gasteiger partial charge is 0.194 e. The van der Waals surface area contributed by atoms with Crippen LogP contribution in [0.1, 0.15) is 27.2 Å². The summed E-state index contributed by atoms with van der Waals surface area (Å²) < 4.78 is 0. The zero-order valence-corrected chi connectivity index (χ0v) is 9.27. The van der Waals surface area contributed by atoms with Crippen LogP contribution < -0.4 is 0 Å². The lowest BCUT2D eigenvalue weighted by Gasteiger charge is -2.04. The molecule has 0 aliphatic rings. The van der Waals surface area contributed by atoms with Crippen molar-refractivity contribution in [3.05, 3.63) is 59.2 Å². The number of carbonyl (C=O) groups is 1. The van der Waals surface area contributed by atoms with E-state index in [-0.39, 0.29) is 5.78 Å². The van der Waals surface area contributed by atoms with Gasteiger partial charge in [-0.3, -0.25) is 14.8 Å². The number of hydrogen-bond donors (Lipinski definition) is 0. The second kappa shape index (κ2) is 4.23. The summed E-state index contributed by atoms with van der Waals surface area (Å²) in [7, 11) is 0. The van der Waals surface area contributed by atoms with Crippen molar-refractivity contribution < 1.29 is 4.79 Å². The molecule has 3 heteroatoms. The second-order valence-electron chi connectivity index (χ2n) is 3.71. The molecule has 0 aromatic carbocycles. The van der Waals surface area contributed by atoms with Gasteiger partial charge in [-0.15, -0.1) is 0 Å². The molecule has 0 radical (unpaired) electrons. The van der Waals surface area contributed by atoms with Gasteiger partial charge in [0.1, 0.15) is 0 Å². The monoisotopic (exact) mass is 212 g/mol. The first-order chi connectivity index (χ1) is 7.68. The van der Waals surface area contributed by atoms with E-state index in [1.54, 1.807) is 30.7 Å². The minimum Gasteiger partial charge on any atom is -0.289 e. The van der Waals surface area contributed by atoms with E-state index in [2.05, 4.69) is 9.97 Å². The predicted octanol–water partition coefficient (Wildman–Crippen LogP) is 2.32. The molecular formula is C13H12N2O. The van der Waals surface area contributed by atoms with E-state index < -0.39 is 0 Å². The summed E-state index contributed by atoms with van der Waals surface area (Å²) in [5.74, 6) is -0.00361. The lowest BCUT2D eigenvalue weighted by atomic mass is 10.0. The van der Waals surface area contributed by atoms with Gasteiger partial charge in [0.2, 0.25) is 0 Å². The highest BCUT2D eigenvalue weighted by Gasteiger charge is 2.11. The molecular weight excluding hydrogens is 200 g/mol. The molecule has 0 bridgehead atoms. The molecule has 0 aliphatic carbocycles. The minimum atomic E-state index is -0.00361. The molecule has 0 unspecified atom stereocenters. The summed E-state index contributed by atoms with van der Waals surface area (Å²) >= 11 is 0. The van der Waals surface area contributed by atoms with Crippen LogP contribution in [0.5, 0.6) is 0 Å². The highest BCUT2D eigenvalue weighted by molar-refractivity contribution is 6.09. The molecule has 2 aromatic heterocycles. The number of ketones is 1. The van der Waals surface area contributed by atoms with Gasteiger partial charge in [-0.25, -0.2) is 0 Å². The molecule has 0 amide bonds. The van der Waals surface area contributed by atoms with Crippen molar-refractivity contribution in [3.63, 3.8) is 0 Å². The fourth-order valence-corrected chi connectivity index (χ4v) is 1.54. The SMILES string of the molecule is Cc1cc(C(=O)c2cnccc2C)ccn1. The van der Waals surface area contributed by atoms with Crippen molar-refractivity contribution in [1.29, 1.82) is 0 Å². The molecule has 2 aromatic rings. The standard InChI is InChI=1S/C13H12N2O/c1-9-3-5-14-8-12(9)13(16)11-4-6-15-10(2)7-11/h3-8H,1-2H3. The molecule has 2 heterocycles. The largest absolute Gasteiger partial charge is 0.289 e. The Balaban J connectivity index is 2.44. The Hall–Kier alpha value is -2.03. The van der Waals surface area contributed by atoms with E-state index in [4.69, 9.17) is 0 Å². The van der Waals surface area contributed by atoms with E-state index in [1.807, 2.05) is 19.9 Å². The van der Waals surface area contributed by atoms with Crippen molar-refractivity contribution in [2.45, 2.75) is 13.8 Å². The first kappa shape index (κ1) is 10.5. The van der Waals surface area contributed by atoms with Gasteiger partial charge in [0.15, 0.2) is 5.78 Å². The van der Waals surface area contributed by atoms with E-state index in [1.165, 1.54) is 0 Å². The Kier molecular flexibility index (Phi) is 2.77. The summed E-state index contributed by atoms with van der Waals surface area (Å²) in [4.78, 5) is 20.2. The zero-order chi connectivity index (χ0) is 11.5. The molecule has 3 nitrogen and oxygen atoms in total. The van der Waals surface area contributed by atoms with Gasteiger partial charge in [0, 0.05) is 35.4 Å². The maximum atomic E-state index is 12.2. The number of nitrogens with zero attached hydrogens (tertiary/aromatic N) is 2. The van der Waals surface area contributed by atoms with Crippen molar-refractivity contribution >= 4 is 5.78 Å². The average molecular weight is 212 g/mol. The number of hydrogen-bond acceptors (Lipinski definition) is 3. The average Bonchev–Trinajstić information content (AvgIpc) is 2.29. The van der Waals surface area contributed by atoms with Gasteiger partial charge in [-0.2, -0.15) is 0 Å². The number of pyridine rings is 2. The normalized spacial score (nSPS) is 10.1. The fraction of sp³-hybridized carbons (Fsp3) is 0.154. The quantitative estimate of drug-likeness (QED) is 0.717. The molecule has 0 saturated carbocycles. The molecule has 80 valence electrons. The van der Waals surface area contributed by atoms with Crippen LogP contribution in [-0.2, 0) is 0 Å². The number of aromatic nitrogens is 2. The van der Waals surface area contributed by atoms with Gasteiger partial charge >= 0.3 is 0 Å². The number of carbonyl (C=O) groups excluding carboxylic acids is 1. The molecule has 2 rings (SSSR count). The maximum absolute atomic E-state index is 12.2. The lowest BCUT2D eigenvalue weighted by molar-refractivity contribution is 0.103. The first-order valence-electron chi connectivity index (χ1n) is 5.06. The summed E-state index contributed by atoms with van der Waals surface area (Å²) in [6, 6.07) is 5.35. The van der Waals surface area contributed by atoms with E-state index >= 15 is 0 Å². The van der Waals surface area contributed by atoms with Gasteiger partial charge in [0.05, 0.1) is 0 Å². The van der Waals surface area contributed by atoms with E-state index in [0.717, 1.165) is 11.3 Å². The Bertz CT molecular complexity index is 535. The van der Waals surface area contributed by atoms with Crippen molar-refractivity contribution in [1.82, 2.24) is 9.97 Å². The third-order valence-electron chi connectivity index (χ3n) is 2.44. The molecule has 0 atom stereocenters. The Morgan fingerprint density at radius 3 is 2.69 bits per heavy atom. The summed E-state index contributed by atoms with van der Waals surface area (Å²) in [6.45, 7) is 3.77. The Morgan fingerprint density at radius 1 is 1.19 bits per heavy atom. The third-order valence-corrected chi connectivity index (χ3v) is 2.44. The van der Waals surface area contributed by atoms with Crippen LogP contribution in [0.25, 0.3) is 0 Å². The van der Waals surface area contributed by atoms with Gasteiger partial charge in [0.25, 0.3) is 0 Å². The highest BCUT2D eigenvalue weighted by atomic mass is 16.1. The predicted molar refractivity (Wildman–Crippen MR) is 61.4 cm³/mol. The maximum Gasteiger partial charge on any atom is 0.194 e. The van der Waals surface area contributed by atoms with E-state index in [0.29, 0.717) is 11.1 Å². The number of rotatable bonds is 2. The summed E-state index contributed by atoms with van der Waals surface area (Å²) in [6.07, 6.45) is 4.94. The van der Waals surface area contributed by atoms with Crippen LogP contribution in [0.3, 0.4) is 0 Å².